The van der Waals surface area contributed by atoms with Gasteiger partial charge in [-0.15, -0.1) is 0 Å². The van der Waals surface area contributed by atoms with Gasteiger partial charge >= 0.3 is 5.82 Å². The quantitative estimate of drug-likeness (QED) is 0.473. The van der Waals surface area contributed by atoms with Gasteiger partial charge in [-0.2, -0.15) is 0 Å². The van der Waals surface area contributed by atoms with Crippen molar-refractivity contribution < 1.29 is 14.5 Å². The van der Waals surface area contributed by atoms with Gasteiger partial charge in [-0.05, 0) is 28.5 Å². The minimum absolute atomic E-state index is 0.222. The molecule has 2 aromatic rings. The summed E-state index contributed by atoms with van der Waals surface area (Å²) >= 11 is 0. The maximum Gasteiger partial charge on any atom is 0.381 e. The predicted molar refractivity (Wildman–Crippen MR) is 75.3 cm³/mol. The number of amides is 2. The van der Waals surface area contributed by atoms with E-state index in [0.717, 1.165) is 0 Å². The lowest BCUT2D eigenvalue weighted by Gasteiger charge is -2.13. The Labute approximate surface area is 125 Å². The lowest BCUT2D eigenvalue weighted by atomic mass is 10.1. The number of imide groups is 1. The molecular weight excluding hydrogens is 288 g/mol. The second-order valence-corrected chi connectivity index (χ2v) is 4.89. The zero-order valence-corrected chi connectivity index (χ0v) is 11.5. The number of aryl methyl sites for hydroxylation is 1. The molecule has 0 fully saturated rings. The van der Waals surface area contributed by atoms with Crippen molar-refractivity contribution in [2.45, 2.75) is 13.0 Å². The Morgan fingerprint density at radius 3 is 2.27 bits per heavy atom. The Hall–Kier alpha value is -3.03. The van der Waals surface area contributed by atoms with Crippen LogP contribution in [0, 0.1) is 10.1 Å². The molecule has 0 N–H and O–H groups in total. The Morgan fingerprint density at radius 1 is 1.09 bits per heavy atom. The van der Waals surface area contributed by atoms with Gasteiger partial charge in [0.2, 0.25) is 6.33 Å². The fourth-order valence-electron chi connectivity index (χ4n) is 2.42. The second kappa shape index (κ2) is 5.40. The number of carbonyl (C=O) groups excluding carboxylic acids is 2. The van der Waals surface area contributed by atoms with E-state index in [-0.39, 0.29) is 24.2 Å². The summed E-state index contributed by atoms with van der Waals surface area (Å²) in [6.45, 7) is 0.701. The van der Waals surface area contributed by atoms with Gasteiger partial charge in [-0.3, -0.25) is 14.5 Å². The molecule has 0 bridgehead atoms. The number of carbonyl (C=O) groups is 2. The van der Waals surface area contributed by atoms with Crippen LogP contribution in [0.2, 0.25) is 0 Å². The van der Waals surface area contributed by atoms with Crippen LogP contribution in [0.4, 0.5) is 5.82 Å². The molecule has 1 aliphatic rings. The normalized spacial score (nSPS) is 13.5. The molecule has 8 nitrogen and oxygen atoms in total. The number of hydrogen-bond acceptors (Lipinski definition) is 5. The van der Waals surface area contributed by atoms with Crippen LogP contribution in [0.25, 0.3) is 0 Å². The van der Waals surface area contributed by atoms with E-state index in [0.29, 0.717) is 24.1 Å². The minimum atomic E-state index is -0.569. The molecule has 1 aromatic carbocycles. The third-order valence-electron chi connectivity index (χ3n) is 3.48. The number of aromatic nitrogens is 2. The molecule has 0 aliphatic carbocycles. The average molecular weight is 300 g/mol. The van der Waals surface area contributed by atoms with Crippen molar-refractivity contribution in [1.82, 2.24) is 14.5 Å². The molecule has 2 amide bonds. The summed E-state index contributed by atoms with van der Waals surface area (Å²) in [6, 6.07) is 6.71. The Morgan fingerprint density at radius 2 is 1.73 bits per heavy atom. The Bertz CT molecular complexity index is 733. The maximum absolute atomic E-state index is 12.1. The van der Waals surface area contributed by atoms with E-state index in [4.69, 9.17) is 0 Å². The fourth-order valence-corrected chi connectivity index (χ4v) is 2.42. The lowest BCUT2D eigenvalue weighted by molar-refractivity contribution is -0.389. The van der Waals surface area contributed by atoms with Crippen LogP contribution in [0.15, 0.2) is 36.8 Å². The first-order chi connectivity index (χ1) is 10.6. The highest BCUT2D eigenvalue weighted by molar-refractivity contribution is 6.21. The standard InChI is InChI=1S/C14H12N4O4/c19-13-10-4-1-2-5-11(10)14(20)17(13)7-3-6-16-8-12(15-9-16)18(21)22/h1-2,4-5,8-9H,3,6-7H2. The zero-order chi connectivity index (χ0) is 15.7. The summed E-state index contributed by atoms with van der Waals surface area (Å²) < 4.78 is 1.57. The highest BCUT2D eigenvalue weighted by atomic mass is 16.6. The number of rotatable bonds is 5. The third kappa shape index (κ3) is 2.34. The molecule has 0 unspecified atom stereocenters. The van der Waals surface area contributed by atoms with Crippen LogP contribution in [-0.2, 0) is 6.54 Å². The summed E-state index contributed by atoms with van der Waals surface area (Å²) in [4.78, 5) is 39.1. The summed E-state index contributed by atoms with van der Waals surface area (Å²) in [7, 11) is 0. The molecular formula is C14H12N4O4. The monoisotopic (exact) mass is 300 g/mol. The van der Waals surface area contributed by atoms with Crippen LogP contribution >= 0.6 is 0 Å². The number of hydrogen-bond donors (Lipinski definition) is 0. The van der Waals surface area contributed by atoms with Crippen molar-refractivity contribution in [1.29, 1.82) is 0 Å². The summed E-state index contributed by atoms with van der Waals surface area (Å²) in [5.74, 6) is -0.810. The molecule has 0 radical (unpaired) electrons. The molecule has 0 spiro atoms. The number of imidazole rings is 1. The van der Waals surface area contributed by atoms with Gasteiger partial charge in [0.05, 0.1) is 11.1 Å². The molecule has 0 atom stereocenters. The van der Waals surface area contributed by atoms with Crippen molar-refractivity contribution >= 4 is 17.6 Å². The molecule has 1 aliphatic heterocycles. The topological polar surface area (TPSA) is 98.3 Å². The molecule has 8 heteroatoms. The smallest absolute Gasteiger partial charge is 0.358 e. The van der Waals surface area contributed by atoms with E-state index in [1.807, 2.05) is 0 Å². The van der Waals surface area contributed by atoms with Crippen LogP contribution in [-0.4, -0.2) is 37.7 Å². The van der Waals surface area contributed by atoms with E-state index < -0.39 is 4.92 Å². The Kier molecular flexibility index (Phi) is 3.42. The lowest BCUT2D eigenvalue weighted by Crippen LogP contribution is -2.31. The van der Waals surface area contributed by atoms with Crippen molar-refractivity contribution in [3.63, 3.8) is 0 Å². The SMILES string of the molecule is O=C1c2ccccc2C(=O)N1CCCn1cnc([N+](=O)[O-])c1. The number of fused-ring (bicyclic) bond motifs is 1. The minimum Gasteiger partial charge on any atom is -0.358 e. The zero-order valence-electron chi connectivity index (χ0n) is 11.5. The third-order valence-corrected chi connectivity index (χ3v) is 3.48. The van der Waals surface area contributed by atoms with Crippen molar-refractivity contribution in [2.75, 3.05) is 6.54 Å². The molecule has 2 heterocycles. The van der Waals surface area contributed by atoms with E-state index in [1.165, 1.54) is 17.4 Å². The summed E-state index contributed by atoms with van der Waals surface area (Å²) in [5.41, 5.74) is 0.844. The molecule has 112 valence electrons. The first kappa shape index (κ1) is 13.9. The van der Waals surface area contributed by atoms with E-state index >= 15 is 0 Å². The highest BCUT2D eigenvalue weighted by Gasteiger charge is 2.34. The molecule has 22 heavy (non-hydrogen) atoms. The van der Waals surface area contributed by atoms with Gasteiger partial charge in [0.15, 0.2) is 0 Å². The van der Waals surface area contributed by atoms with Gasteiger partial charge in [0, 0.05) is 13.1 Å². The second-order valence-electron chi connectivity index (χ2n) is 4.89. The van der Waals surface area contributed by atoms with E-state index in [9.17, 15) is 19.7 Å². The van der Waals surface area contributed by atoms with Crippen LogP contribution < -0.4 is 0 Å². The number of nitrogens with zero attached hydrogens (tertiary/aromatic N) is 4. The molecule has 1 aromatic heterocycles. The first-order valence-corrected chi connectivity index (χ1v) is 6.69. The average Bonchev–Trinajstić information content (AvgIpc) is 3.07. The van der Waals surface area contributed by atoms with E-state index in [2.05, 4.69) is 4.98 Å². The summed E-state index contributed by atoms with van der Waals surface area (Å²) in [6.07, 6.45) is 3.18. The van der Waals surface area contributed by atoms with Crippen LogP contribution in [0.5, 0.6) is 0 Å². The molecule has 0 saturated carbocycles. The predicted octanol–water partition coefficient (Wildman–Crippen LogP) is 1.48. The van der Waals surface area contributed by atoms with Crippen molar-refractivity contribution in [3.8, 4) is 0 Å². The van der Waals surface area contributed by atoms with Gasteiger partial charge in [0.1, 0.15) is 6.20 Å². The number of nitro groups is 1. The van der Waals surface area contributed by atoms with Crippen LogP contribution in [0.3, 0.4) is 0 Å². The molecule has 3 rings (SSSR count). The first-order valence-electron chi connectivity index (χ1n) is 6.69. The maximum atomic E-state index is 12.1. The largest absolute Gasteiger partial charge is 0.381 e. The van der Waals surface area contributed by atoms with Gasteiger partial charge < -0.3 is 14.7 Å². The van der Waals surface area contributed by atoms with Gasteiger partial charge in [-0.1, -0.05) is 12.1 Å². The van der Waals surface area contributed by atoms with Crippen molar-refractivity contribution in [2.24, 2.45) is 0 Å². The highest BCUT2D eigenvalue weighted by Crippen LogP contribution is 2.22. The van der Waals surface area contributed by atoms with Gasteiger partial charge in [-0.25, -0.2) is 0 Å². The number of benzene rings is 1. The Balaban J connectivity index is 1.62. The molecule has 0 saturated heterocycles. The fraction of sp³-hybridized carbons (Fsp3) is 0.214. The van der Waals surface area contributed by atoms with E-state index in [1.54, 1.807) is 28.8 Å². The summed E-state index contributed by atoms with van der Waals surface area (Å²) in [5, 5.41) is 10.5. The van der Waals surface area contributed by atoms with Crippen molar-refractivity contribution in [3.05, 3.63) is 58.0 Å². The van der Waals surface area contributed by atoms with Crippen LogP contribution in [0.1, 0.15) is 27.1 Å². The van der Waals surface area contributed by atoms with Gasteiger partial charge in [0.25, 0.3) is 11.8 Å².